The molecule has 0 saturated heterocycles. The Bertz CT molecular complexity index is 474. The zero-order chi connectivity index (χ0) is 15.9. The molecule has 22 heavy (non-hydrogen) atoms. The second-order valence-corrected chi connectivity index (χ2v) is 6.40. The van der Waals surface area contributed by atoms with Crippen molar-refractivity contribution in [3.63, 3.8) is 0 Å². The molecule has 0 radical (unpaired) electrons. The van der Waals surface area contributed by atoms with Crippen LogP contribution in [-0.2, 0) is 0 Å². The number of halogens is 1. The molecule has 3 N–H and O–H groups in total. The molecule has 1 amide bonds. The first kappa shape index (κ1) is 16.9. The van der Waals surface area contributed by atoms with Gasteiger partial charge in [0, 0.05) is 17.6 Å². The van der Waals surface area contributed by atoms with Crippen LogP contribution in [0.2, 0.25) is 0 Å². The van der Waals surface area contributed by atoms with Crippen LogP contribution in [0, 0.1) is 11.7 Å². The predicted molar refractivity (Wildman–Crippen MR) is 87.1 cm³/mol. The largest absolute Gasteiger partial charge is 0.349 e. The van der Waals surface area contributed by atoms with Crippen molar-refractivity contribution in [1.82, 2.24) is 5.32 Å². The molecule has 1 aliphatic carbocycles. The van der Waals surface area contributed by atoms with E-state index in [1.54, 1.807) is 0 Å². The number of nitrogens with one attached hydrogen (secondary N) is 1. The maximum Gasteiger partial charge on any atom is 0.251 e. The summed E-state index contributed by atoms with van der Waals surface area (Å²) >= 11 is 0. The number of rotatable bonds is 5. The highest BCUT2D eigenvalue weighted by Crippen LogP contribution is 2.27. The van der Waals surface area contributed by atoms with Gasteiger partial charge in [-0.3, -0.25) is 4.79 Å². The molecular weight excluding hydrogens is 279 g/mol. The smallest absolute Gasteiger partial charge is 0.251 e. The van der Waals surface area contributed by atoms with Gasteiger partial charge in [0.05, 0.1) is 0 Å². The third-order valence-corrected chi connectivity index (χ3v) is 4.68. The van der Waals surface area contributed by atoms with E-state index >= 15 is 0 Å². The van der Waals surface area contributed by atoms with Crippen LogP contribution in [-0.4, -0.2) is 18.0 Å². The standard InChI is InChI=1S/C18H27FN2O/c1-2-3-4-13-7-10-16(20)11-12-17(13)21-18(22)14-5-8-15(19)9-6-14/h5-6,8-9,13,16-17H,2-4,7,10-12,20H2,1H3,(H,21,22). The van der Waals surface area contributed by atoms with Gasteiger partial charge < -0.3 is 11.1 Å². The second-order valence-electron chi connectivity index (χ2n) is 6.40. The molecule has 0 aliphatic heterocycles. The van der Waals surface area contributed by atoms with Crippen LogP contribution >= 0.6 is 0 Å². The van der Waals surface area contributed by atoms with Gasteiger partial charge in [0.1, 0.15) is 5.82 Å². The summed E-state index contributed by atoms with van der Waals surface area (Å²) in [6.07, 6.45) is 7.49. The molecule has 3 nitrogen and oxygen atoms in total. The number of unbranched alkanes of at least 4 members (excludes halogenated alkanes) is 1. The van der Waals surface area contributed by atoms with Crippen molar-refractivity contribution < 1.29 is 9.18 Å². The number of carbonyl (C=O) groups excluding carboxylic acids is 1. The summed E-state index contributed by atoms with van der Waals surface area (Å²) in [5.41, 5.74) is 6.61. The third-order valence-electron chi connectivity index (χ3n) is 4.68. The molecule has 1 fully saturated rings. The average Bonchev–Trinajstić information content (AvgIpc) is 2.68. The molecule has 4 heteroatoms. The van der Waals surface area contributed by atoms with Gasteiger partial charge in [0.15, 0.2) is 0 Å². The molecule has 1 aromatic carbocycles. The second kappa shape index (κ2) is 8.28. The third kappa shape index (κ3) is 4.80. The van der Waals surface area contributed by atoms with E-state index in [-0.39, 0.29) is 23.8 Å². The number of amides is 1. The van der Waals surface area contributed by atoms with E-state index in [0.29, 0.717) is 11.5 Å². The highest BCUT2D eigenvalue weighted by Gasteiger charge is 2.27. The monoisotopic (exact) mass is 306 g/mol. The number of hydrogen-bond donors (Lipinski definition) is 2. The lowest BCUT2D eigenvalue weighted by molar-refractivity contribution is 0.0916. The lowest BCUT2D eigenvalue weighted by Gasteiger charge is -2.26. The Morgan fingerprint density at radius 3 is 2.59 bits per heavy atom. The minimum absolute atomic E-state index is 0.109. The Morgan fingerprint density at radius 1 is 1.23 bits per heavy atom. The first-order valence-corrected chi connectivity index (χ1v) is 8.42. The molecular formula is C18H27FN2O. The van der Waals surface area contributed by atoms with Gasteiger partial charge in [0.25, 0.3) is 5.91 Å². The van der Waals surface area contributed by atoms with Crippen molar-refractivity contribution in [2.75, 3.05) is 0 Å². The number of carbonyl (C=O) groups is 1. The topological polar surface area (TPSA) is 55.1 Å². The molecule has 3 atom stereocenters. The van der Waals surface area contributed by atoms with Crippen LogP contribution in [0.3, 0.4) is 0 Å². The quantitative estimate of drug-likeness (QED) is 0.816. The van der Waals surface area contributed by atoms with Crippen molar-refractivity contribution in [3.05, 3.63) is 35.6 Å². The molecule has 2 rings (SSSR count). The molecule has 0 spiro atoms. The Hall–Kier alpha value is -1.42. The fourth-order valence-corrected chi connectivity index (χ4v) is 3.26. The van der Waals surface area contributed by atoms with Crippen molar-refractivity contribution >= 4 is 5.91 Å². The SMILES string of the molecule is CCCCC1CCC(N)CCC1NC(=O)c1ccc(F)cc1. The van der Waals surface area contributed by atoms with Gasteiger partial charge in [-0.15, -0.1) is 0 Å². The molecule has 1 aromatic rings. The van der Waals surface area contributed by atoms with Crippen LogP contribution in [0.25, 0.3) is 0 Å². The number of hydrogen-bond acceptors (Lipinski definition) is 2. The van der Waals surface area contributed by atoms with E-state index in [1.807, 2.05) is 0 Å². The molecule has 0 bridgehead atoms. The van der Waals surface area contributed by atoms with Gasteiger partial charge >= 0.3 is 0 Å². The van der Waals surface area contributed by atoms with Crippen molar-refractivity contribution in [1.29, 1.82) is 0 Å². The Balaban J connectivity index is 2.02. The van der Waals surface area contributed by atoms with Crippen molar-refractivity contribution in [2.45, 2.75) is 64.0 Å². The Labute approximate surface area is 132 Å². The maximum absolute atomic E-state index is 13.0. The summed E-state index contributed by atoms with van der Waals surface area (Å²) in [4.78, 5) is 12.4. The lowest BCUT2D eigenvalue weighted by atomic mass is 9.89. The van der Waals surface area contributed by atoms with Crippen LogP contribution in [0.1, 0.15) is 62.2 Å². The minimum atomic E-state index is -0.321. The van der Waals surface area contributed by atoms with Gasteiger partial charge in [-0.2, -0.15) is 0 Å². The summed E-state index contributed by atoms with van der Waals surface area (Å²) in [5.74, 6) is 0.0673. The zero-order valence-corrected chi connectivity index (χ0v) is 13.4. The van der Waals surface area contributed by atoms with Crippen molar-refractivity contribution in [3.8, 4) is 0 Å². The Morgan fingerprint density at radius 2 is 1.91 bits per heavy atom. The molecule has 1 aliphatic rings. The fourth-order valence-electron chi connectivity index (χ4n) is 3.26. The van der Waals surface area contributed by atoms with Gasteiger partial charge in [-0.1, -0.05) is 19.8 Å². The molecule has 1 saturated carbocycles. The summed E-state index contributed by atoms with van der Waals surface area (Å²) in [6.45, 7) is 2.19. The van der Waals surface area contributed by atoms with E-state index < -0.39 is 0 Å². The van der Waals surface area contributed by atoms with E-state index in [0.717, 1.165) is 32.1 Å². The van der Waals surface area contributed by atoms with E-state index in [4.69, 9.17) is 5.73 Å². The van der Waals surface area contributed by atoms with E-state index in [1.165, 1.54) is 37.1 Å². The van der Waals surface area contributed by atoms with Gasteiger partial charge in [-0.25, -0.2) is 4.39 Å². The average molecular weight is 306 g/mol. The Kier molecular flexibility index (Phi) is 6.37. The van der Waals surface area contributed by atoms with Crippen molar-refractivity contribution in [2.24, 2.45) is 11.7 Å². The first-order chi connectivity index (χ1) is 10.6. The highest BCUT2D eigenvalue weighted by molar-refractivity contribution is 5.94. The molecule has 122 valence electrons. The maximum atomic E-state index is 13.0. The molecule has 0 heterocycles. The zero-order valence-electron chi connectivity index (χ0n) is 13.4. The summed E-state index contributed by atoms with van der Waals surface area (Å²) < 4.78 is 13.0. The summed E-state index contributed by atoms with van der Waals surface area (Å²) in [6, 6.07) is 6.15. The van der Waals surface area contributed by atoms with E-state index in [9.17, 15) is 9.18 Å². The van der Waals surface area contributed by atoms with Crippen LogP contribution in [0.15, 0.2) is 24.3 Å². The van der Waals surface area contributed by atoms with Crippen LogP contribution in [0.5, 0.6) is 0 Å². The summed E-state index contributed by atoms with van der Waals surface area (Å²) in [5, 5.41) is 3.16. The van der Waals surface area contributed by atoms with E-state index in [2.05, 4.69) is 12.2 Å². The predicted octanol–water partition coefficient (Wildman–Crippen LogP) is 3.63. The normalized spacial score (nSPS) is 25.5. The van der Waals surface area contributed by atoms with Crippen LogP contribution < -0.4 is 11.1 Å². The number of nitrogens with two attached hydrogens (primary N) is 1. The van der Waals surface area contributed by atoms with Gasteiger partial charge in [0.2, 0.25) is 0 Å². The van der Waals surface area contributed by atoms with Crippen LogP contribution in [0.4, 0.5) is 4.39 Å². The minimum Gasteiger partial charge on any atom is -0.349 e. The molecule has 0 aromatic heterocycles. The summed E-state index contributed by atoms with van der Waals surface area (Å²) in [7, 11) is 0. The highest BCUT2D eigenvalue weighted by atomic mass is 19.1. The lowest BCUT2D eigenvalue weighted by Crippen LogP contribution is -2.40. The molecule has 3 unspecified atom stereocenters. The van der Waals surface area contributed by atoms with Gasteiger partial charge in [-0.05, 0) is 62.3 Å². The first-order valence-electron chi connectivity index (χ1n) is 8.42. The fraction of sp³-hybridized carbons (Fsp3) is 0.611. The number of benzene rings is 1.